The molecule has 1 atom stereocenters. The number of esters is 1. The molecular weight excluding hydrogens is 344 g/mol. The van der Waals surface area contributed by atoms with Crippen molar-refractivity contribution in [2.45, 2.75) is 52.6 Å². The molecule has 1 heterocycles. The van der Waals surface area contributed by atoms with Crippen LogP contribution < -0.4 is 9.47 Å². The van der Waals surface area contributed by atoms with Gasteiger partial charge in [0.05, 0.1) is 19.0 Å². The molecule has 146 valence electrons. The van der Waals surface area contributed by atoms with E-state index in [1.807, 2.05) is 12.1 Å². The van der Waals surface area contributed by atoms with Crippen molar-refractivity contribution >= 4 is 5.97 Å². The molecule has 0 radical (unpaired) electrons. The molecule has 0 amide bonds. The summed E-state index contributed by atoms with van der Waals surface area (Å²) in [5.74, 6) is 1.32. The molecule has 0 bridgehead atoms. The van der Waals surface area contributed by atoms with Crippen molar-refractivity contribution in [3.63, 3.8) is 0 Å². The largest absolute Gasteiger partial charge is 0.490 e. The van der Waals surface area contributed by atoms with Gasteiger partial charge in [0.1, 0.15) is 5.75 Å². The van der Waals surface area contributed by atoms with E-state index in [9.17, 15) is 4.79 Å². The topological polar surface area (TPSA) is 70.5 Å². The average molecular weight is 372 g/mol. The summed E-state index contributed by atoms with van der Waals surface area (Å²) in [4.78, 5) is 20.7. The fourth-order valence-electron chi connectivity index (χ4n) is 2.22. The summed E-state index contributed by atoms with van der Waals surface area (Å²) >= 11 is 0. The smallest absolute Gasteiger partial charge is 0.340 e. The number of ether oxygens (including phenoxy) is 3. The average Bonchev–Trinajstić information content (AvgIpc) is 2.69. The Morgan fingerprint density at radius 1 is 0.963 bits per heavy atom. The first kappa shape index (κ1) is 20.8. The van der Waals surface area contributed by atoms with Crippen LogP contribution in [-0.4, -0.2) is 35.3 Å². The van der Waals surface area contributed by atoms with Crippen molar-refractivity contribution < 1.29 is 19.0 Å². The third-order valence-electron chi connectivity index (χ3n) is 3.92. The normalized spacial score (nSPS) is 11.8. The number of aromatic nitrogens is 2. The van der Waals surface area contributed by atoms with Crippen molar-refractivity contribution in [3.05, 3.63) is 36.7 Å². The van der Waals surface area contributed by atoms with Gasteiger partial charge in [-0.15, -0.1) is 0 Å². The number of nitrogens with zero attached hydrogens (tertiary/aromatic N) is 2. The molecule has 0 saturated carbocycles. The van der Waals surface area contributed by atoms with E-state index in [-0.39, 0.29) is 0 Å². The zero-order valence-electron chi connectivity index (χ0n) is 16.3. The minimum atomic E-state index is -0.584. The number of rotatable bonds is 11. The predicted molar refractivity (Wildman–Crippen MR) is 104 cm³/mol. The zero-order chi connectivity index (χ0) is 19.5. The van der Waals surface area contributed by atoms with Crippen molar-refractivity contribution in [2.75, 3.05) is 13.2 Å². The van der Waals surface area contributed by atoms with Crippen LogP contribution in [0.25, 0.3) is 11.4 Å². The summed E-state index contributed by atoms with van der Waals surface area (Å²) in [6.45, 7) is 7.11. The SMILES string of the molecule is CCCCOc1cnc(-c2ccc(OC(=O)C(C)OCCCC)cc2)nc1. The summed E-state index contributed by atoms with van der Waals surface area (Å²) < 4.78 is 16.4. The number of unbranched alkanes of at least 4 members (excludes halogenated alkanes) is 2. The Hall–Kier alpha value is -2.47. The number of hydrogen-bond acceptors (Lipinski definition) is 6. The second-order valence-electron chi connectivity index (χ2n) is 6.26. The van der Waals surface area contributed by atoms with Crippen LogP contribution in [0.1, 0.15) is 46.5 Å². The van der Waals surface area contributed by atoms with Crippen LogP contribution in [0.15, 0.2) is 36.7 Å². The summed E-state index contributed by atoms with van der Waals surface area (Å²) in [6.07, 6.45) is 6.79. The van der Waals surface area contributed by atoms with Gasteiger partial charge in [-0.25, -0.2) is 14.8 Å². The van der Waals surface area contributed by atoms with Crippen LogP contribution in [0.3, 0.4) is 0 Å². The maximum atomic E-state index is 12.0. The Balaban J connectivity index is 1.89. The number of carbonyl (C=O) groups excluding carboxylic acids is 1. The van der Waals surface area contributed by atoms with Crippen LogP contribution in [0, 0.1) is 0 Å². The van der Waals surface area contributed by atoms with E-state index < -0.39 is 12.1 Å². The summed E-state index contributed by atoms with van der Waals surface area (Å²) in [6, 6.07) is 7.08. The second kappa shape index (κ2) is 11.3. The first-order valence-corrected chi connectivity index (χ1v) is 9.52. The lowest BCUT2D eigenvalue weighted by atomic mass is 10.2. The Morgan fingerprint density at radius 3 is 2.22 bits per heavy atom. The molecule has 0 spiro atoms. The number of benzene rings is 1. The lowest BCUT2D eigenvalue weighted by Gasteiger charge is -2.12. The Bertz CT molecular complexity index is 686. The van der Waals surface area contributed by atoms with Gasteiger partial charge >= 0.3 is 5.97 Å². The molecule has 0 aliphatic rings. The Labute approximate surface area is 160 Å². The maximum absolute atomic E-state index is 12.0. The number of carbonyl (C=O) groups is 1. The van der Waals surface area contributed by atoms with Gasteiger partial charge in [-0.1, -0.05) is 26.7 Å². The highest BCUT2D eigenvalue weighted by Gasteiger charge is 2.15. The maximum Gasteiger partial charge on any atom is 0.340 e. The molecule has 2 aromatic rings. The van der Waals surface area contributed by atoms with Crippen molar-refractivity contribution in [2.24, 2.45) is 0 Å². The fourth-order valence-corrected chi connectivity index (χ4v) is 2.22. The molecule has 0 aliphatic carbocycles. The van der Waals surface area contributed by atoms with Crippen LogP contribution in [0.4, 0.5) is 0 Å². The van der Waals surface area contributed by atoms with Crippen LogP contribution in [0.2, 0.25) is 0 Å². The van der Waals surface area contributed by atoms with Gasteiger partial charge in [0.15, 0.2) is 17.7 Å². The quantitative estimate of drug-likeness (QED) is 0.330. The van der Waals surface area contributed by atoms with Gasteiger partial charge in [-0.3, -0.25) is 0 Å². The molecule has 1 aromatic carbocycles. The summed E-state index contributed by atoms with van der Waals surface area (Å²) in [5.41, 5.74) is 0.835. The summed E-state index contributed by atoms with van der Waals surface area (Å²) in [7, 11) is 0. The van der Waals surface area contributed by atoms with Gasteiger partial charge < -0.3 is 14.2 Å². The zero-order valence-corrected chi connectivity index (χ0v) is 16.3. The lowest BCUT2D eigenvalue weighted by molar-refractivity contribution is -0.146. The highest BCUT2D eigenvalue weighted by Crippen LogP contribution is 2.21. The lowest BCUT2D eigenvalue weighted by Crippen LogP contribution is -2.26. The van der Waals surface area contributed by atoms with E-state index in [4.69, 9.17) is 14.2 Å². The molecule has 0 N–H and O–H groups in total. The van der Waals surface area contributed by atoms with Crippen LogP contribution >= 0.6 is 0 Å². The van der Waals surface area contributed by atoms with E-state index in [0.717, 1.165) is 31.2 Å². The van der Waals surface area contributed by atoms with Gasteiger partial charge in [-0.05, 0) is 44.0 Å². The second-order valence-corrected chi connectivity index (χ2v) is 6.26. The monoisotopic (exact) mass is 372 g/mol. The Morgan fingerprint density at radius 2 is 1.59 bits per heavy atom. The summed E-state index contributed by atoms with van der Waals surface area (Å²) in [5, 5.41) is 0. The molecular formula is C21H28N2O4. The molecule has 0 aliphatic heterocycles. The van der Waals surface area contributed by atoms with E-state index >= 15 is 0 Å². The first-order chi connectivity index (χ1) is 13.1. The van der Waals surface area contributed by atoms with Crippen molar-refractivity contribution in [1.82, 2.24) is 9.97 Å². The van der Waals surface area contributed by atoms with Gasteiger partial charge in [0, 0.05) is 12.2 Å². The molecule has 0 fully saturated rings. The highest BCUT2D eigenvalue weighted by atomic mass is 16.6. The molecule has 27 heavy (non-hydrogen) atoms. The molecule has 1 aromatic heterocycles. The minimum absolute atomic E-state index is 0.399. The van der Waals surface area contributed by atoms with Crippen LogP contribution in [0.5, 0.6) is 11.5 Å². The van der Waals surface area contributed by atoms with E-state index in [1.54, 1.807) is 31.5 Å². The fraction of sp³-hybridized carbons (Fsp3) is 0.476. The predicted octanol–water partition coefficient (Wildman–Crippen LogP) is 4.43. The Kier molecular flexibility index (Phi) is 8.71. The number of hydrogen-bond donors (Lipinski definition) is 0. The molecule has 0 saturated heterocycles. The van der Waals surface area contributed by atoms with Crippen LogP contribution in [-0.2, 0) is 9.53 Å². The van der Waals surface area contributed by atoms with Crippen molar-refractivity contribution in [1.29, 1.82) is 0 Å². The third kappa shape index (κ3) is 6.98. The van der Waals surface area contributed by atoms with Crippen molar-refractivity contribution in [3.8, 4) is 22.9 Å². The third-order valence-corrected chi connectivity index (χ3v) is 3.92. The van der Waals surface area contributed by atoms with E-state index in [0.29, 0.717) is 30.5 Å². The molecule has 1 unspecified atom stereocenters. The molecule has 6 nitrogen and oxygen atoms in total. The minimum Gasteiger partial charge on any atom is -0.490 e. The van der Waals surface area contributed by atoms with Gasteiger partial charge in [0.2, 0.25) is 0 Å². The van der Waals surface area contributed by atoms with Gasteiger partial charge in [0.25, 0.3) is 0 Å². The van der Waals surface area contributed by atoms with E-state index in [2.05, 4.69) is 23.8 Å². The van der Waals surface area contributed by atoms with E-state index in [1.165, 1.54) is 0 Å². The highest BCUT2D eigenvalue weighted by molar-refractivity contribution is 5.77. The molecule has 2 rings (SSSR count). The molecule has 6 heteroatoms. The standard InChI is InChI=1S/C21H28N2O4/c1-4-6-12-25-16(3)21(24)27-18-10-8-17(9-11-18)20-22-14-19(15-23-20)26-13-7-5-2/h8-11,14-16H,4-7,12-13H2,1-3H3. The first-order valence-electron chi connectivity index (χ1n) is 9.52. The van der Waals surface area contributed by atoms with Gasteiger partial charge in [-0.2, -0.15) is 0 Å².